The minimum absolute atomic E-state index is 0.358. The van der Waals surface area contributed by atoms with Gasteiger partial charge >= 0.3 is 0 Å². The minimum Gasteiger partial charge on any atom is -0.390 e. The van der Waals surface area contributed by atoms with Crippen molar-refractivity contribution in [2.24, 2.45) is 47.2 Å². The summed E-state index contributed by atoms with van der Waals surface area (Å²) in [6.45, 7) is 4.59. The Kier molecular flexibility index (Phi) is 10.5. The number of fused-ring (bicyclic) bond motifs is 4. The van der Waals surface area contributed by atoms with Crippen molar-refractivity contribution in [2.75, 3.05) is 32.7 Å². The number of β-amino-alcohol motifs (C(OH)–C–C–N with tert-alkyl or cyclic N) is 1. The number of aliphatic hydroxyl groups is 1. The number of piperidine rings is 1. The fourth-order valence-corrected chi connectivity index (χ4v) is 9.48. The molecular weight excluding hydrogens is 442 g/mol. The molecule has 4 bridgehead atoms. The molecule has 0 aromatic carbocycles. The molecule has 0 aromatic heterocycles. The molecule has 208 valence electrons. The molecule has 4 N–H and O–H groups in total. The SMILES string of the molecule is NCC(O)CN1CCC(CNC(CCCCC2CC3CCC2C3)CCCCC2CC3CCC2C3)CC1. The third kappa shape index (κ3) is 7.70. The van der Waals surface area contributed by atoms with Crippen LogP contribution in [-0.2, 0) is 0 Å². The van der Waals surface area contributed by atoms with E-state index in [0.717, 1.165) is 67.1 Å². The third-order valence-corrected chi connectivity index (χ3v) is 11.7. The summed E-state index contributed by atoms with van der Waals surface area (Å²) in [5.41, 5.74) is 5.61. The normalized spacial score (nSPS) is 36.2. The molecule has 0 radical (unpaired) electrons. The summed E-state index contributed by atoms with van der Waals surface area (Å²) in [5.74, 6) is 7.39. The van der Waals surface area contributed by atoms with Crippen LogP contribution < -0.4 is 11.1 Å². The van der Waals surface area contributed by atoms with Gasteiger partial charge in [-0.3, -0.25) is 0 Å². The van der Waals surface area contributed by atoms with Crippen molar-refractivity contribution in [3.05, 3.63) is 0 Å². The fraction of sp³-hybridized carbons (Fsp3) is 1.00. The van der Waals surface area contributed by atoms with Gasteiger partial charge in [-0.15, -0.1) is 0 Å². The van der Waals surface area contributed by atoms with Crippen LogP contribution in [0.4, 0.5) is 0 Å². The second-order valence-electron chi connectivity index (χ2n) is 14.2. The second kappa shape index (κ2) is 13.8. The summed E-state index contributed by atoms with van der Waals surface area (Å²) in [4.78, 5) is 2.41. The Bertz CT molecular complexity index is 599. The van der Waals surface area contributed by atoms with Crippen LogP contribution in [0, 0.1) is 41.4 Å². The van der Waals surface area contributed by atoms with E-state index in [2.05, 4.69) is 10.2 Å². The van der Waals surface area contributed by atoms with Gasteiger partial charge in [-0.1, -0.05) is 51.4 Å². The Morgan fingerprint density at radius 3 is 1.81 bits per heavy atom. The smallest absolute Gasteiger partial charge is 0.0789 e. The lowest BCUT2D eigenvalue weighted by Crippen LogP contribution is -2.43. The van der Waals surface area contributed by atoms with Crippen molar-refractivity contribution in [2.45, 2.75) is 128 Å². The number of likely N-dealkylation sites (tertiary alicyclic amines) is 1. The van der Waals surface area contributed by atoms with E-state index in [1.165, 1.54) is 70.8 Å². The van der Waals surface area contributed by atoms with Gasteiger partial charge in [0, 0.05) is 19.1 Å². The van der Waals surface area contributed by atoms with Gasteiger partial charge in [-0.2, -0.15) is 0 Å². The van der Waals surface area contributed by atoms with Gasteiger partial charge in [0.1, 0.15) is 0 Å². The van der Waals surface area contributed by atoms with E-state index in [1.54, 1.807) is 51.4 Å². The van der Waals surface area contributed by atoms with Crippen LogP contribution in [-0.4, -0.2) is 54.9 Å². The number of unbranched alkanes of at least 4 members (excludes halogenated alkanes) is 2. The molecule has 5 aliphatic rings. The van der Waals surface area contributed by atoms with Crippen molar-refractivity contribution < 1.29 is 5.11 Å². The molecule has 5 rings (SSSR count). The van der Waals surface area contributed by atoms with Crippen molar-refractivity contribution in [3.8, 4) is 0 Å². The Balaban J connectivity index is 0.993. The lowest BCUT2D eigenvalue weighted by Gasteiger charge is -2.34. The highest BCUT2D eigenvalue weighted by molar-refractivity contribution is 4.91. The highest BCUT2D eigenvalue weighted by Crippen LogP contribution is 2.51. The van der Waals surface area contributed by atoms with E-state index in [4.69, 9.17) is 5.73 Å². The van der Waals surface area contributed by atoms with Gasteiger partial charge in [-0.25, -0.2) is 0 Å². The molecule has 7 unspecified atom stereocenters. The maximum atomic E-state index is 9.88. The quantitative estimate of drug-likeness (QED) is 0.228. The Morgan fingerprint density at radius 2 is 1.33 bits per heavy atom. The summed E-state index contributed by atoms with van der Waals surface area (Å²) in [6, 6.07) is 0.738. The number of aliphatic hydroxyl groups excluding tert-OH is 1. The van der Waals surface area contributed by atoms with Crippen LogP contribution in [0.15, 0.2) is 0 Å². The van der Waals surface area contributed by atoms with Gasteiger partial charge in [0.15, 0.2) is 0 Å². The Hall–Kier alpha value is -0.160. The molecule has 7 atom stereocenters. The fourth-order valence-electron chi connectivity index (χ4n) is 9.48. The lowest BCUT2D eigenvalue weighted by molar-refractivity contribution is 0.0932. The van der Waals surface area contributed by atoms with Gasteiger partial charge in [0.2, 0.25) is 0 Å². The van der Waals surface area contributed by atoms with Crippen LogP contribution in [0.5, 0.6) is 0 Å². The number of rotatable bonds is 16. The van der Waals surface area contributed by atoms with Gasteiger partial charge in [0.05, 0.1) is 6.10 Å². The van der Waals surface area contributed by atoms with Crippen molar-refractivity contribution in [1.82, 2.24) is 10.2 Å². The second-order valence-corrected chi connectivity index (χ2v) is 14.2. The van der Waals surface area contributed by atoms with Gasteiger partial charge < -0.3 is 21.1 Å². The van der Waals surface area contributed by atoms with E-state index in [9.17, 15) is 5.11 Å². The van der Waals surface area contributed by atoms with E-state index >= 15 is 0 Å². The summed E-state index contributed by atoms with van der Waals surface area (Å²) in [6.07, 6.45) is 26.3. The van der Waals surface area contributed by atoms with Gasteiger partial charge in [0.25, 0.3) is 0 Å². The lowest BCUT2D eigenvalue weighted by atomic mass is 9.84. The summed E-state index contributed by atoms with van der Waals surface area (Å²) in [5, 5.41) is 14.0. The van der Waals surface area contributed by atoms with E-state index in [1.807, 2.05) is 0 Å². The summed E-state index contributed by atoms with van der Waals surface area (Å²) in [7, 11) is 0. The molecule has 4 nitrogen and oxygen atoms in total. The molecule has 5 fully saturated rings. The van der Waals surface area contributed by atoms with Crippen LogP contribution in [0.2, 0.25) is 0 Å². The molecule has 4 heteroatoms. The molecule has 4 saturated carbocycles. The maximum Gasteiger partial charge on any atom is 0.0789 e. The molecule has 1 aliphatic heterocycles. The zero-order valence-electron chi connectivity index (χ0n) is 23.4. The molecule has 0 spiro atoms. The molecule has 0 aromatic rings. The average Bonchev–Trinajstić information content (AvgIpc) is 3.70. The molecular formula is C32H59N3O. The average molecular weight is 502 g/mol. The first-order chi connectivity index (χ1) is 17.7. The highest BCUT2D eigenvalue weighted by atomic mass is 16.3. The molecule has 1 heterocycles. The highest BCUT2D eigenvalue weighted by Gasteiger charge is 2.39. The van der Waals surface area contributed by atoms with Crippen LogP contribution in [0.25, 0.3) is 0 Å². The number of nitrogens with two attached hydrogens (primary N) is 1. The predicted octanol–water partition coefficient (Wildman–Crippen LogP) is 5.97. The zero-order chi connectivity index (χ0) is 24.7. The van der Waals surface area contributed by atoms with Crippen LogP contribution in [0.1, 0.15) is 116 Å². The van der Waals surface area contributed by atoms with Crippen molar-refractivity contribution in [1.29, 1.82) is 0 Å². The molecule has 36 heavy (non-hydrogen) atoms. The predicted molar refractivity (Wildman–Crippen MR) is 151 cm³/mol. The van der Waals surface area contributed by atoms with Crippen molar-refractivity contribution >= 4 is 0 Å². The summed E-state index contributed by atoms with van der Waals surface area (Å²) >= 11 is 0. The maximum absolute atomic E-state index is 9.88. The first-order valence-corrected chi connectivity index (χ1v) is 16.5. The first-order valence-electron chi connectivity index (χ1n) is 16.5. The first kappa shape index (κ1) is 27.4. The molecule has 4 aliphatic carbocycles. The number of nitrogens with one attached hydrogen (secondary N) is 1. The number of nitrogens with zero attached hydrogens (tertiary/aromatic N) is 1. The standard InChI is InChI=1S/C32H59N3O/c33-21-32(36)23-35-15-13-24(14-16-35)22-34-31(7-3-1-5-27-17-25-9-11-29(27)19-25)8-4-2-6-28-18-26-10-12-30(28)20-26/h24-32,34,36H,1-23,33H2. The topological polar surface area (TPSA) is 61.5 Å². The third-order valence-electron chi connectivity index (χ3n) is 11.7. The Labute approximate surface area is 222 Å². The van der Waals surface area contributed by atoms with E-state index in [-0.39, 0.29) is 6.10 Å². The largest absolute Gasteiger partial charge is 0.390 e. The minimum atomic E-state index is -0.358. The van der Waals surface area contributed by atoms with Gasteiger partial charge in [-0.05, 0) is 125 Å². The van der Waals surface area contributed by atoms with Crippen LogP contribution >= 0.6 is 0 Å². The van der Waals surface area contributed by atoms with E-state index in [0.29, 0.717) is 6.54 Å². The van der Waals surface area contributed by atoms with E-state index < -0.39 is 0 Å². The molecule has 0 amide bonds. The zero-order valence-corrected chi connectivity index (χ0v) is 23.4. The number of hydrogen-bond acceptors (Lipinski definition) is 4. The van der Waals surface area contributed by atoms with Crippen LogP contribution in [0.3, 0.4) is 0 Å². The molecule has 1 saturated heterocycles. The number of hydrogen-bond donors (Lipinski definition) is 3. The van der Waals surface area contributed by atoms with Crippen molar-refractivity contribution in [3.63, 3.8) is 0 Å². The monoisotopic (exact) mass is 501 g/mol. The Morgan fingerprint density at radius 1 is 0.750 bits per heavy atom. The summed E-state index contributed by atoms with van der Waals surface area (Å²) < 4.78 is 0.